The average Bonchev–Trinajstić information content (AvgIpc) is 2.95. The summed E-state index contributed by atoms with van der Waals surface area (Å²) in [6.45, 7) is 2.92. The van der Waals surface area contributed by atoms with Gasteiger partial charge in [0, 0.05) is 29.6 Å². The van der Waals surface area contributed by atoms with Crippen LogP contribution in [0.1, 0.15) is 13.0 Å². The molecule has 3 rings (SSSR count). The van der Waals surface area contributed by atoms with Gasteiger partial charge in [0.25, 0.3) is 0 Å². The third-order valence-electron chi connectivity index (χ3n) is 3.00. The summed E-state index contributed by atoms with van der Waals surface area (Å²) in [5, 5.41) is 0. The monoisotopic (exact) mass is 337 g/mol. The molecule has 0 aromatic carbocycles. The second kappa shape index (κ2) is 4.90. The Morgan fingerprint density at radius 2 is 2.37 bits per heavy atom. The van der Waals surface area contributed by atoms with Crippen LogP contribution in [0.25, 0.3) is 11.2 Å². The van der Waals surface area contributed by atoms with Crippen molar-refractivity contribution in [2.45, 2.75) is 19.5 Å². The van der Waals surface area contributed by atoms with Gasteiger partial charge in [0.15, 0.2) is 10.4 Å². The number of aromatic nitrogens is 5. The second-order valence-corrected chi connectivity index (χ2v) is 5.74. The minimum atomic E-state index is 0.198. The quantitative estimate of drug-likeness (QED) is 0.746. The first-order valence-corrected chi connectivity index (χ1v) is 7.07. The van der Waals surface area contributed by atoms with Gasteiger partial charge in [0.2, 0.25) is 0 Å². The Bertz CT molecular complexity index is 758. The fraction of sp³-hybridized carbons (Fsp3) is 0.250. The number of aromatic amines is 1. The van der Waals surface area contributed by atoms with Gasteiger partial charge in [-0.05, 0) is 41.1 Å². The van der Waals surface area contributed by atoms with Gasteiger partial charge < -0.3 is 9.55 Å². The maximum atomic E-state index is 5.40. The second-order valence-electron chi connectivity index (χ2n) is 4.43. The zero-order valence-corrected chi connectivity index (χ0v) is 12.6. The third kappa shape index (κ3) is 2.35. The molecule has 3 aromatic heterocycles. The Labute approximate surface area is 123 Å². The Balaban J connectivity index is 2.04. The van der Waals surface area contributed by atoms with E-state index in [-0.39, 0.29) is 6.04 Å². The molecule has 0 saturated carbocycles. The van der Waals surface area contributed by atoms with E-state index in [1.165, 1.54) is 0 Å². The van der Waals surface area contributed by atoms with E-state index in [1.54, 1.807) is 18.7 Å². The van der Waals surface area contributed by atoms with Gasteiger partial charge in [0.1, 0.15) is 0 Å². The molecule has 3 heterocycles. The molecule has 98 valence electrons. The number of hydrogen-bond donors (Lipinski definition) is 1. The van der Waals surface area contributed by atoms with Gasteiger partial charge in [0.05, 0.1) is 17.9 Å². The van der Waals surface area contributed by atoms with E-state index in [4.69, 9.17) is 12.2 Å². The highest BCUT2D eigenvalue weighted by atomic mass is 79.9. The molecule has 0 aliphatic heterocycles. The number of rotatable bonds is 3. The van der Waals surface area contributed by atoms with Gasteiger partial charge in [-0.1, -0.05) is 0 Å². The molecule has 1 unspecified atom stereocenters. The predicted octanol–water partition coefficient (Wildman–Crippen LogP) is 3.31. The molecule has 7 heteroatoms. The maximum Gasteiger partial charge on any atom is 0.179 e. The van der Waals surface area contributed by atoms with Crippen LogP contribution in [0.2, 0.25) is 0 Å². The van der Waals surface area contributed by atoms with E-state index in [1.807, 2.05) is 21.4 Å². The van der Waals surface area contributed by atoms with Crippen molar-refractivity contribution < 1.29 is 0 Å². The zero-order chi connectivity index (χ0) is 13.4. The number of halogens is 1. The van der Waals surface area contributed by atoms with Crippen LogP contribution in [0.4, 0.5) is 0 Å². The van der Waals surface area contributed by atoms with Crippen LogP contribution in [0, 0.1) is 4.77 Å². The first kappa shape index (κ1) is 12.6. The third-order valence-corrected chi connectivity index (χ3v) is 3.73. The van der Waals surface area contributed by atoms with E-state index in [2.05, 4.69) is 37.8 Å². The van der Waals surface area contributed by atoms with Gasteiger partial charge in [-0.15, -0.1) is 0 Å². The van der Waals surface area contributed by atoms with Gasteiger partial charge >= 0.3 is 0 Å². The Hall–Kier alpha value is -1.47. The molecule has 5 nitrogen and oxygen atoms in total. The number of nitrogens with one attached hydrogen (secondary N) is 1. The van der Waals surface area contributed by atoms with E-state index < -0.39 is 0 Å². The number of fused-ring (bicyclic) bond motifs is 1. The number of nitrogens with zero attached hydrogens (tertiary/aromatic N) is 4. The number of H-pyrrole nitrogens is 1. The lowest BCUT2D eigenvalue weighted by Crippen LogP contribution is -2.12. The largest absolute Gasteiger partial charge is 0.335 e. The molecule has 0 aliphatic rings. The topological polar surface area (TPSA) is 51.4 Å². The highest BCUT2D eigenvalue weighted by molar-refractivity contribution is 9.10. The SMILES string of the molecule is CC(Cn1ccnc1)n1c(=S)[nH]c2cc(Br)cnc21. The standard InChI is InChI=1S/C12H12BrN5S/c1-8(6-17-3-2-14-7-17)18-11-10(16-12(18)19)4-9(13)5-15-11/h2-5,7-8H,6H2,1H3,(H,16,19). The molecule has 0 radical (unpaired) electrons. The highest BCUT2D eigenvalue weighted by Gasteiger charge is 2.12. The van der Waals surface area contributed by atoms with Gasteiger partial charge in [-0.2, -0.15) is 0 Å². The number of pyridine rings is 1. The van der Waals surface area contributed by atoms with Crippen LogP contribution in [0.5, 0.6) is 0 Å². The van der Waals surface area contributed by atoms with E-state index in [9.17, 15) is 0 Å². The van der Waals surface area contributed by atoms with Crippen molar-refractivity contribution >= 4 is 39.3 Å². The summed E-state index contributed by atoms with van der Waals surface area (Å²) >= 11 is 8.81. The van der Waals surface area contributed by atoms with E-state index in [0.29, 0.717) is 4.77 Å². The molecule has 1 atom stereocenters. The summed E-state index contributed by atoms with van der Waals surface area (Å²) in [6.07, 6.45) is 7.31. The smallest absolute Gasteiger partial charge is 0.179 e. The summed E-state index contributed by atoms with van der Waals surface area (Å²) < 4.78 is 5.69. The molecular weight excluding hydrogens is 326 g/mol. The van der Waals surface area contributed by atoms with Crippen LogP contribution in [0.15, 0.2) is 35.5 Å². The van der Waals surface area contributed by atoms with Crippen molar-refractivity contribution in [2.24, 2.45) is 0 Å². The predicted molar refractivity (Wildman–Crippen MR) is 79.6 cm³/mol. The van der Waals surface area contributed by atoms with Crippen molar-refractivity contribution in [1.29, 1.82) is 0 Å². The molecule has 1 N–H and O–H groups in total. The zero-order valence-electron chi connectivity index (χ0n) is 10.2. The lowest BCUT2D eigenvalue weighted by Gasteiger charge is -2.14. The molecule has 0 fully saturated rings. The summed E-state index contributed by atoms with van der Waals surface area (Å²) in [5.41, 5.74) is 1.82. The van der Waals surface area contributed by atoms with E-state index in [0.717, 1.165) is 22.2 Å². The van der Waals surface area contributed by atoms with Gasteiger partial charge in [-0.3, -0.25) is 4.57 Å². The first-order valence-electron chi connectivity index (χ1n) is 5.86. The van der Waals surface area contributed by atoms with Crippen LogP contribution in [-0.2, 0) is 6.54 Å². The molecular formula is C12H12BrN5S. The van der Waals surface area contributed by atoms with E-state index >= 15 is 0 Å². The summed E-state index contributed by atoms with van der Waals surface area (Å²) in [6, 6.07) is 2.18. The van der Waals surface area contributed by atoms with Crippen LogP contribution in [0.3, 0.4) is 0 Å². The Kier molecular flexibility index (Phi) is 3.24. The summed E-state index contributed by atoms with van der Waals surface area (Å²) in [4.78, 5) is 11.7. The van der Waals surface area contributed by atoms with Crippen molar-refractivity contribution in [2.75, 3.05) is 0 Å². The Morgan fingerprint density at radius 3 is 3.11 bits per heavy atom. The van der Waals surface area contributed by atoms with Crippen molar-refractivity contribution in [3.8, 4) is 0 Å². The molecule has 0 amide bonds. The Morgan fingerprint density at radius 1 is 1.53 bits per heavy atom. The molecule has 0 aliphatic carbocycles. The minimum absolute atomic E-state index is 0.198. The molecule has 0 spiro atoms. The molecule has 0 saturated heterocycles. The normalized spacial score (nSPS) is 12.9. The molecule has 3 aromatic rings. The molecule has 0 bridgehead atoms. The van der Waals surface area contributed by atoms with Crippen molar-refractivity contribution in [3.05, 3.63) is 40.2 Å². The molecule has 19 heavy (non-hydrogen) atoms. The van der Waals surface area contributed by atoms with Crippen LogP contribution >= 0.6 is 28.1 Å². The summed E-state index contributed by atoms with van der Waals surface area (Å²) in [7, 11) is 0. The number of imidazole rings is 2. The number of hydrogen-bond acceptors (Lipinski definition) is 3. The fourth-order valence-corrected chi connectivity index (χ4v) is 2.89. The highest BCUT2D eigenvalue weighted by Crippen LogP contribution is 2.21. The van der Waals surface area contributed by atoms with Crippen molar-refractivity contribution in [3.63, 3.8) is 0 Å². The first-order chi connectivity index (χ1) is 9.15. The van der Waals surface area contributed by atoms with Crippen LogP contribution in [-0.4, -0.2) is 24.1 Å². The lowest BCUT2D eigenvalue weighted by molar-refractivity contribution is 0.468. The van der Waals surface area contributed by atoms with Gasteiger partial charge in [-0.25, -0.2) is 9.97 Å². The maximum absolute atomic E-state index is 5.40. The average molecular weight is 338 g/mol. The fourth-order valence-electron chi connectivity index (χ4n) is 2.18. The minimum Gasteiger partial charge on any atom is -0.335 e. The van der Waals surface area contributed by atoms with Crippen LogP contribution < -0.4 is 0 Å². The summed E-state index contributed by atoms with van der Waals surface area (Å²) in [5.74, 6) is 0. The lowest BCUT2D eigenvalue weighted by atomic mass is 10.3. The van der Waals surface area contributed by atoms with Crippen molar-refractivity contribution in [1.82, 2.24) is 24.1 Å².